The molecule has 0 aromatic heterocycles. The molecule has 6 aliphatic rings. The summed E-state index contributed by atoms with van der Waals surface area (Å²) >= 11 is 0. The molecule has 5 saturated heterocycles. The monoisotopic (exact) mass is 393 g/mol. The van der Waals surface area contributed by atoms with Crippen molar-refractivity contribution < 1.29 is 14.2 Å². The third-order valence-electron chi connectivity index (χ3n) is 8.26. The lowest BCUT2D eigenvalue weighted by Gasteiger charge is -2.42. The highest BCUT2D eigenvalue weighted by Gasteiger charge is 2.52. The van der Waals surface area contributed by atoms with Gasteiger partial charge in [-0.15, -0.1) is 0 Å². The molecular weight excluding hydrogens is 354 g/mol. The Bertz CT molecular complexity index is 519. The van der Waals surface area contributed by atoms with Crippen LogP contribution >= 0.6 is 0 Å². The van der Waals surface area contributed by atoms with Crippen molar-refractivity contribution >= 4 is 0 Å². The first-order chi connectivity index (χ1) is 13.8. The summed E-state index contributed by atoms with van der Waals surface area (Å²) < 4.78 is 19.0. The topological polar surface area (TPSA) is 55.0 Å². The number of nitrogens with one attached hydrogen (secondary N) is 2. The van der Waals surface area contributed by atoms with Crippen molar-refractivity contribution in [2.75, 3.05) is 46.1 Å². The molecule has 5 heterocycles. The first-order valence-electron chi connectivity index (χ1n) is 11.8. The molecule has 2 bridgehead atoms. The van der Waals surface area contributed by atoms with Crippen molar-refractivity contribution in [2.45, 2.75) is 81.8 Å². The van der Waals surface area contributed by atoms with Crippen LogP contribution in [0.25, 0.3) is 0 Å². The van der Waals surface area contributed by atoms with Crippen molar-refractivity contribution in [1.82, 2.24) is 15.5 Å². The molecule has 1 saturated carbocycles. The zero-order valence-electron chi connectivity index (χ0n) is 17.5. The Hall–Kier alpha value is -0.240. The summed E-state index contributed by atoms with van der Waals surface area (Å²) in [6.45, 7) is 8.66. The smallest absolute Gasteiger partial charge is 0.111 e. The number of piperidine rings is 1. The molecule has 0 aromatic carbocycles. The largest absolute Gasteiger partial charge is 0.378 e. The van der Waals surface area contributed by atoms with E-state index in [1.165, 1.54) is 38.5 Å². The Kier molecular flexibility index (Phi) is 5.97. The first-order valence-corrected chi connectivity index (χ1v) is 11.8. The van der Waals surface area contributed by atoms with Gasteiger partial charge in [-0.25, -0.2) is 0 Å². The van der Waals surface area contributed by atoms with Crippen LogP contribution in [0.3, 0.4) is 0 Å². The van der Waals surface area contributed by atoms with E-state index in [0.29, 0.717) is 24.1 Å². The standard InChI is InChI=1S/C22H39N3O3/c1-16-13-22(15-26-11-9-24-22)20-14-28-18-6-4-17(5-7-18)19-3-2-8-23-21(19)27-12-10-25(16)20/h16-21,23-24H,2-15H2,1H3. The van der Waals surface area contributed by atoms with Crippen LogP contribution in [0.2, 0.25) is 0 Å². The van der Waals surface area contributed by atoms with E-state index in [0.717, 1.165) is 58.4 Å². The molecule has 6 heteroatoms. The lowest BCUT2D eigenvalue weighted by molar-refractivity contribution is -0.0602. The molecule has 6 fully saturated rings. The van der Waals surface area contributed by atoms with E-state index < -0.39 is 0 Å². The third kappa shape index (κ3) is 3.77. The number of hydrogen-bond acceptors (Lipinski definition) is 6. The molecule has 5 atom stereocenters. The summed E-state index contributed by atoms with van der Waals surface area (Å²) in [4.78, 5) is 2.64. The fraction of sp³-hybridized carbons (Fsp3) is 1.00. The molecule has 6 rings (SSSR count). The van der Waals surface area contributed by atoms with Gasteiger partial charge in [-0.2, -0.15) is 0 Å². The SMILES string of the molecule is CC1CC2(COCCN2)C2COC3CCC(CC3)C3CCCNC3OCCN12. The predicted octanol–water partition coefficient (Wildman–Crippen LogP) is 1.74. The van der Waals surface area contributed by atoms with Crippen molar-refractivity contribution in [1.29, 1.82) is 0 Å². The maximum Gasteiger partial charge on any atom is 0.111 e. The molecule has 0 radical (unpaired) electrons. The number of fused-ring (bicyclic) bond motifs is 5. The zero-order valence-corrected chi connectivity index (χ0v) is 17.5. The minimum atomic E-state index is 0.0423. The number of nitrogens with zero attached hydrogens (tertiary/aromatic N) is 1. The number of morpholine rings is 1. The molecule has 160 valence electrons. The van der Waals surface area contributed by atoms with Crippen LogP contribution in [0.4, 0.5) is 0 Å². The molecule has 5 aliphatic heterocycles. The van der Waals surface area contributed by atoms with E-state index in [9.17, 15) is 0 Å². The highest BCUT2D eigenvalue weighted by atomic mass is 16.5. The molecule has 0 amide bonds. The van der Waals surface area contributed by atoms with Crippen LogP contribution < -0.4 is 10.6 Å². The number of ether oxygens (including phenoxy) is 3. The van der Waals surface area contributed by atoms with Crippen molar-refractivity contribution in [3.05, 3.63) is 0 Å². The molecule has 1 aliphatic carbocycles. The number of rotatable bonds is 0. The fourth-order valence-corrected chi connectivity index (χ4v) is 6.81. The molecular formula is C22H39N3O3. The second-order valence-electron chi connectivity index (χ2n) is 9.86. The van der Waals surface area contributed by atoms with Crippen LogP contribution in [0, 0.1) is 11.8 Å². The van der Waals surface area contributed by atoms with Crippen LogP contribution in [-0.2, 0) is 14.2 Å². The molecule has 5 unspecified atom stereocenters. The van der Waals surface area contributed by atoms with E-state index in [1.54, 1.807) is 0 Å². The van der Waals surface area contributed by atoms with E-state index in [4.69, 9.17) is 14.2 Å². The van der Waals surface area contributed by atoms with Gasteiger partial charge in [-0.1, -0.05) is 0 Å². The number of hydrogen-bond donors (Lipinski definition) is 2. The summed E-state index contributed by atoms with van der Waals surface area (Å²) in [6, 6.07) is 0.906. The van der Waals surface area contributed by atoms with E-state index in [1.807, 2.05) is 0 Å². The minimum absolute atomic E-state index is 0.0423. The highest BCUT2D eigenvalue weighted by molar-refractivity contribution is 5.10. The minimum Gasteiger partial charge on any atom is -0.378 e. The van der Waals surface area contributed by atoms with Gasteiger partial charge in [0.25, 0.3) is 0 Å². The Morgan fingerprint density at radius 1 is 1.00 bits per heavy atom. The van der Waals surface area contributed by atoms with E-state index >= 15 is 0 Å². The Balaban J connectivity index is 1.36. The van der Waals surface area contributed by atoms with Gasteiger partial charge in [0, 0.05) is 25.0 Å². The summed E-state index contributed by atoms with van der Waals surface area (Å²) in [7, 11) is 0. The Morgan fingerprint density at radius 3 is 2.71 bits per heavy atom. The van der Waals surface area contributed by atoms with Gasteiger partial charge in [0.1, 0.15) is 6.23 Å². The Labute approximate surface area is 170 Å². The zero-order chi connectivity index (χ0) is 19.0. The van der Waals surface area contributed by atoms with Gasteiger partial charge >= 0.3 is 0 Å². The summed E-state index contributed by atoms with van der Waals surface area (Å²) in [5.41, 5.74) is 0.0423. The lowest BCUT2D eigenvalue weighted by atomic mass is 9.75. The maximum atomic E-state index is 6.57. The summed E-state index contributed by atoms with van der Waals surface area (Å²) in [5, 5.41) is 7.53. The molecule has 0 aromatic rings. The Morgan fingerprint density at radius 2 is 1.89 bits per heavy atom. The maximum absolute atomic E-state index is 6.57. The van der Waals surface area contributed by atoms with Crippen LogP contribution in [-0.4, -0.2) is 80.9 Å². The van der Waals surface area contributed by atoms with Crippen LogP contribution in [0.15, 0.2) is 0 Å². The predicted molar refractivity (Wildman–Crippen MR) is 108 cm³/mol. The van der Waals surface area contributed by atoms with Gasteiger partial charge in [-0.05, 0) is 64.3 Å². The van der Waals surface area contributed by atoms with Gasteiger partial charge in [-0.3, -0.25) is 10.2 Å². The highest BCUT2D eigenvalue weighted by Crippen LogP contribution is 2.39. The molecule has 1 spiro atoms. The van der Waals surface area contributed by atoms with E-state index in [-0.39, 0.29) is 11.8 Å². The van der Waals surface area contributed by atoms with Crippen molar-refractivity contribution in [3.8, 4) is 0 Å². The normalized spacial score (nSPS) is 48.3. The van der Waals surface area contributed by atoms with Crippen molar-refractivity contribution in [2.24, 2.45) is 11.8 Å². The second-order valence-corrected chi connectivity index (χ2v) is 9.86. The van der Waals surface area contributed by atoms with Crippen LogP contribution in [0.5, 0.6) is 0 Å². The summed E-state index contributed by atoms with van der Waals surface area (Å²) in [6.07, 6.45) is 9.47. The third-order valence-corrected chi connectivity index (χ3v) is 8.26. The fourth-order valence-electron chi connectivity index (χ4n) is 6.81. The first kappa shape index (κ1) is 19.7. The van der Waals surface area contributed by atoms with Gasteiger partial charge < -0.3 is 19.5 Å². The van der Waals surface area contributed by atoms with Gasteiger partial charge in [0.15, 0.2) is 0 Å². The second kappa shape index (κ2) is 8.48. The quantitative estimate of drug-likeness (QED) is 0.654. The lowest BCUT2D eigenvalue weighted by Crippen LogP contribution is -2.63. The average molecular weight is 394 g/mol. The van der Waals surface area contributed by atoms with Gasteiger partial charge in [0.05, 0.1) is 44.1 Å². The van der Waals surface area contributed by atoms with Crippen molar-refractivity contribution in [3.63, 3.8) is 0 Å². The summed E-state index contributed by atoms with van der Waals surface area (Å²) in [5.74, 6) is 1.49. The molecule has 6 nitrogen and oxygen atoms in total. The van der Waals surface area contributed by atoms with Crippen LogP contribution in [0.1, 0.15) is 51.9 Å². The molecule has 2 N–H and O–H groups in total. The van der Waals surface area contributed by atoms with E-state index in [2.05, 4.69) is 22.5 Å². The average Bonchev–Trinajstić information content (AvgIpc) is 2.98. The van der Waals surface area contributed by atoms with Gasteiger partial charge in [0.2, 0.25) is 0 Å². The molecule has 28 heavy (non-hydrogen) atoms.